The zero-order valence-corrected chi connectivity index (χ0v) is 23.4. The first kappa shape index (κ1) is 28.2. The molecule has 1 atom stereocenters. The van der Waals surface area contributed by atoms with Crippen LogP contribution in [0.4, 0.5) is 0 Å². The van der Waals surface area contributed by atoms with E-state index in [0.717, 1.165) is 53.2 Å². The molecule has 0 amide bonds. The van der Waals surface area contributed by atoms with E-state index in [-0.39, 0.29) is 12.3 Å². The molecule has 1 heterocycles. The van der Waals surface area contributed by atoms with E-state index in [9.17, 15) is 9.90 Å². The van der Waals surface area contributed by atoms with Crippen LogP contribution in [0.15, 0.2) is 77.2 Å². The summed E-state index contributed by atoms with van der Waals surface area (Å²) in [5.41, 5.74) is 6.52. The molecule has 0 saturated carbocycles. The van der Waals surface area contributed by atoms with Crippen LogP contribution in [0.2, 0.25) is 0 Å². The van der Waals surface area contributed by atoms with Gasteiger partial charge in [-0.3, -0.25) is 4.79 Å². The van der Waals surface area contributed by atoms with E-state index in [2.05, 4.69) is 51.1 Å². The number of nitrogens with zero attached hydrogens (tertiary/aromatic N) is 1. The molecule has 0 saturated heterocycles. The number of carboxylic acid groups (broad SMARTS) is 1. The molecule has 0 aliphatic heterocycles. The minimum absolute atomic E-state index is 0.150. The Hall–Kier alpha value is -3.86. The first-order valence-electron chi connectivity index (χ1n) is 13.9. The van der Waals surface area contributed by atoms with Crippen LogP contribution in [0.3, 0.4) is 0 Å². The number of hydrogen-bond acceptors (Lipinski definition) is 4. The van der Waals surface area contributed by atoms with E-state index < -0.39 is 5.97 Å². The fourth-order valence-corrected chi connectivity index (χ4v) is 4.95. The molecule has 0 radical (unpaired) electrons. The third-order valence-electron chi connectivity index (χ3n) is 7.35. The summed E-state index contributed by atoms with van der Waals surface area (Å²) in [5, 5.41) is 9.30. The van der Waals surface area contributed by atoms with Crippen molar-refractivity contribution in [3.8, 4) is 28.3 Å². The maximum absolute atomic E-state index is 11.3. The third kappa shape index (κ3) is 7.38. The van der Waals surface area contributed by atoms with Crippen molar-refractivity contribution in [2.75, 3.05) is 6.61 Å². The van der Waals surface area contributed by atoms with Crippen LogP contribution in [0, 0.1) is 12.8 Å². The molecule has 204 valence electrons. The van der Waals surface area contributed by atoms with Gasteiger partial charge in [-0.25, -0.2) is 4.98 Å². The van der Waals surface area contributed by atoms with Crippen molar-refractivity contribution in [3.63, 3.8) is 0 Å². The van der Waals surface area contributed by atoms with Gasteiger partial charge >= 0.3 is 5.97 Å². The summed E-state index contributed by atoms with van der Waals surface area (Å²) in [4.78, 5) is 16.0. The lowest BCUT2D eigenvalue weighted by Gasteiger charge is -2.18. The lowest BCUT2D eigenvalue weighted by molar-refractivity contribution is -0.138. The highest BCUT2D eigenvalue weighted by atomic mass is 16.5. The zero-order valence-electron chi connectivity index (χ0n) is 23.4. The molecular weight excluding hydrogens is 486 g/mol. The molecule has 5 nitrogen and oxygen atoms in total. The van der Waals surface area contributed by atoms with Gasteiger partial charge < -0.3 is 14.3 Å². The maximum atomic E-state index is 11.3. The molecule has 0 aliphatic carbocycles. The van der Waals surface area contributed by atoms with Crippen LogP contribution in [0.5, 0.6) is 5.75 Å². The number of carboxylic acids is 1. The average Bonchev–Trinajstić information content (AvgIpc) is 3.31. The van der Waals surface area contributed by atoms with Crippen molar-refractivity contribution < 1.29 is 19.1 Å². The zero-order chi connectivity index (χ0) is 27.8. The lowest BCUT2D eigenvalue weighted by atomic mass is 9.89. The van der Waals surface area contributed by atoms with Gasteiger partial charge in [0.25, 0.3) is 0 Å². The smallest absolute Gasteiger partial charge is 0.303 e. The second-order valence-corrected chi connectivity index (χ2v) is 10.5. The van der Waals surface area contributed by atoms with Gasteiger partial charge in [-0.1, -0.05) is 81.8 Å². The van der Waals surface area contributed by atoms with E-state index in [4.69, 9.17) is 14.1 Å². The highest BCUT2D eigenvalue weighted by Gasteiger charge is 2.17. The maximum Gasteiger partial charge on any atom is 0.303 e. The summed E-state index contributed by atoms with van der Waals surface area (Å²) in [5.74, 6) is 2.14. The summed E-state index contributed by atoms with van der Waals surface area (Å²) in [6, 6.07) is 24.8. The number of ether oxygens (including phenoxy) is 1. The second-order valence-electron chi connectivity index (χ2n) is 10.5. The summed E-state index contributed by atoms with van der Waals surface area (Å²) in [6.07, 6.45) is 3.31. The Balaban J connectivity index is 1.56. The van der Waals surface area contributed by atoms with Gasteiger partial charge in [0.15, 0.2) is 0 Å². The number of aromatic nitrogens is 1. The van der Waals surface area contributed by atoms with Gasteiger partial charge in [0.05, 0.1) is 12.3 Å². The van der Waals surface area contributed by atoms with E-state index in [1.54, 1.807) is 0 Å². The van der Waals surface area contributed by atoms with Crippen LogP contribution in [-0.2, 0) is 17.6 Å². The molecule has 5 heteroatoms. The number of aliphatic carboxylic acids is 1. The minimum Gasteiger partial charge on any atom is -0.493 e. The highest BCUT2D eigenvalue weighted by Crippen LogP contribution is 2.36. The molecule has 1 unspecified atom stereocenters. The summed E-state index contributed by atoms with van der Waals surface area (Å²) < 4.78 is 12.3. The summed E-state index contributed by atoms with van der Waals surface area (Å²) in [6.45, 7) is 8.87. The highest BCUT2D eigenvalue weighted by molar-refractivity contribution is 5.74. The molecule has 0 bridgehead atoms. The largest absolute Gasteiger partial charge is 0.493 e. The Morgan fingerprint density at radius 2 is 1.69 bits per heavy atom. The molecule has 4 aromatic rings. The molecule has 0 spiro atoms. The fourth-order valence-electron chi connectivity index (χ4n) is 4.95. The molecule has 1 aromatic heterocycles. The number of rotatable bonds is 13. The number of aryl methyl sites for hydroxylation is 2. The topological polar surface area (TPSA) is 72.6 Å². The van der Waals surface area contributed by atoms with Crippen molar-refractivity contribution in [1.82, 2.24) is 4.98 Å². The number of oxazole rings is 1. The lowest BCUT2D eigenvalue weighted by Crippen LogP contribution is -2.09. The van der Waals surface area contributed by atoms with Crippen molar-refractivity contribution in [2.45, 2.75) is 65.7 Å². The Labute approximate surface area is 231 Å². The normalized spacial score (nSPS) is 12.0. The molecule has 4 rings (SSSR count). The van der Waals surface area contributed by atoms with Crippen molar-refractivity contribution in [1.29, 1.82) is 0 Å². The molecular formula is C34H39NO4. The number of benzene rings is 3. The second kappa shape index (κ2) is 13.3. The SMILES string of the molecule is CCC(CCc1cccc(OCCc2nc(-c3ccccc3)oc2C)c1-c1ccc(C(C)C)cc1)CC(=O)O. The third-order valence-corrected chi connectivity index (χ3v) is 7.35. The van der Waals surface area contributed by atoms with Crippen LogP contribution >= 0.6 is 0 Å². The van der Waals surface area contributed by atoms with E-state index in [1.165, 1.54) is 11.1 Å². The van der Waals surface area contributed by atoms with E-state index >= 15 is 0 Å². The molecule has 39 heavy (non-hydrogen) atoms. The van der Waals surface area contributed by atoms with Crippen LogP contribution in [0.25, 0.3) is 22.6 Å². The van der Waals surface area contributed by atoms with Crippen LogP contribution in [0.1, 0.15) is 68.5 Å². The van der Waals surface area contributed by atoms with Gasteiger partial charge in [0.1, 0.15) is 11.5 Å². The van der Waals surface area contributed by atoms with Crippen LogP contribution in [-0.4, -0.2) is 22.7 Å². The van der Waals surface area contributed by atoms with Gasteiger partial charge in [0.2, 0.25) is 5.89 Å². The van der Waals surface area contributed by atoms with Gasteiger partial charge in [0, 0.05) is 24.0 Å². The van der Waals surface area contributed by atoms with Crippen molar-refractivity contribution in [3.05, 3.63) is 95.4 Å². The molecule has 0 fully saturated rings. The number of hydrogen-bond donors (Lipinski definition) is 1. The average molecular weight is 526 g/mol. The first-order valence-corrected chi connectivity index (χ1v) is 13.9. The fraction of sp³-hybridized carbons (Fsp3) is 0.353. The monoisotopic (exact) mass is 525 g/mol. The van der Waals surface area contributed by atoms with Gasteiger partial charge in [-0.2, -0.15) is 0 Å². The summed E-state index contributed by atoms with van der Waals surface area (Å²) >= 11 is 0. The Morgan fingerprint density at radius 1 is 0.949 bits per heavy atom. The molecule has 3 aromatic carbocycles. The van der Waals surface area contributed by atoms with Gasteiger partial charge in [-0.15, -0.1) is 0 Å². The number of carbonyl (C=O) groups is 1. The van der Waals surface area contributed by atoms with Crippen LogP contribution < -0.4 is 4.74 Å². The van der Waals surface area contributed by atoms with Crippen molar-refractivity contribution >= 4 is 5.97 Å². The van der Waals surface area contributed by atoms with E-state index in [0.29, 0.717) is 24.8 Å². The van der Waals surface area contributed by atoms with Gasteiger partial charge in [-0.05, 0) is 66.5 Å². The summed E-state index contributed by atoms with van der Waals surface area (Å²) in [7, 11) is 0. The predicted octanol–water partition coefficient (Wildman–Crippen LogP) is 8.50. The Morgan fingerprint density at radius 3 is 2.36 bits per heavy atom. The molecule has 0 aliphatic rings. The molecule has 1 N–H and O–H groups in total. The standard InChI is InChI=1S/C34H39NO4/c1-5-25(22-32(36)37)14-15-27-12-9-13-31(33(27)28-18-16-26(17-19-28)23(2)3)38-21-20-30-24(4)39-34(35-30)29-10-7-6-8-11-29/h6-13,16-19,23,25H,5,14-15,20-22H2,1-4H3,(H,36,37). The Kier molecular flexibility index (Phi) is 9.59. The Bertz CT molecular complexity index is 1360. The van der Waals surface area contributed by atoms with Crippen molar-refractivity contribution in [2.24, 2.45) is 5.92 Å². The predicted molar refractivity (Wildman–Crippen MR) is 156 cm³/mol. The van der Waals surface area contributed by atoms with E-state index in [1.807, 2.05) is 49.4 Å². The quantitative estimate of drug-likeness (QED) is 0.189. The first-order chi connectivity index (χ1) is 18.9. The minimum atomic E-state index is -0.734.